The first-order valence-corrected chi connectivity index (χ1v) is 8.80. The number of amides is 3. The van der Waals surface area contributed by atoms with Crippen molar-refractivity contribution in [2.24, 2.45) is 0 Å². The van der Waals surface area contributed by atoms with E-state index in [4.69, 9.17) is 0 Å². The van der Waals surface area contributed by atoms with Gasteiger partial charge in [0.25, 0.3) is 5.91 Å². The van der Waals surface area contributed by atoms with Crippen molar-refractivity contribution < 1.29 is 14.4 Å². The number of nitrogens with one attached hydrogen (secondary N) is 2. The molecular weight excluding hydrogens is 374 g/mol. The molecule has 0 saturated heterocycles. The highest BCUT2D eigenvalue weighted by Gasteiger charge is 2.19. The second-order valence-electron chi connectivity index (χ2n) is 5.31. The predicted molar refractivity (Wildman–Crippen MR) is 96.6 cm³/mol. The Labute approximate surface area is 151 Å². The van der Waals surface area contributed by atoms with Gasteiger partial charge in [0.2, 0.25) is 11.8 Å². The summed E-state index contributed by atoms with van der Waals surface area (Å²) in [5, 5.41) is 5.35. The molecule has 0 heterocycles. The van der Waals surface area contributed by atoms with Crippen LogP contribution in [0, 0.1) is 0 Å². The number of hydrogen-bond acceptors (Lipinski definition) is 3. The van der Waals surface area contributed by atoms with E-state index in [9.17, 15) is 14.4 Å². The minimum atomic E-state index is -0.570. The van der Waals surface area contributed by atoms with Gasteiger partial charge in [-0.3, -0.25) is 14.4 Å². The predicted octanol–water partition coefficient (Wildman–Crippen LogP) is 1.94. The summed E-state index contributed by atoms with van der Waals surface area (Å²) in [5.41, 5.74) is 0.531. The van der Waals surface area contributed by atoms with Crippen LogP contribution in [0.25, 0.3) is 0 Å². The molecule has 24 heavy (non-hydrogen) atoms. The number of rotatable bonds is 8. The maximum Gasteiger partial charge on any atom is 0.251 e. The third kappa shape index (κ3) is 6.31. The summed E-state index contributed by atoms with van der Waals surface area (Å²) < 4.78 is 0.894. The first-order valence-electron chi connectivity index (χ1n) is 8.00. The van der Waals surface area contributed by atoms with Crippen LogP contribution in [0.5, 0.6) is 0 Å². The largest absolute Gasteiger partial charge is 0.352 e. The van der Waals surface area contributed by atoms with E-state index >= 15 is 0 Å². The Morgan fingerprint density at radius 1 is 1.12 bits per heavy atom. The van der Waals surface area contributed by atoms with Crippen LogP contribution in [0.4, 0.5) is 0 Å². The lowest BCUT2D eigenvalue weighted by Crippen LogP contribution is -2.47. The lowest BCUT2D eigenvalue weighted by Gasteiger charge is -2.23. The minimum Gasteiger partial charge on any atom is -0.352 e. The Kier molecular flexibility index (Phi) is 8.46. The zero-order valence-corrected chi connectivity index (χ0v) is 15.9. The van der Waals surface area contributed by atoms with Crippen LogP contribution in [0.3, 0.4) is 0 Å². The van der Waals surface area contributed by atoms with Crippen molar-refractivity contribution in [3.63, 3.8) is 0 Å². The molecule has 0 aliphatic heterocycles. The molecule has 0 bridgehead atoms. The fourth-order valence-corrected chi connectivity index (χ4v) is 2.44. The second-order valence-corrected chi connectivity index (χ2v) is 6.23. The summed E-state index contributed by atoms with van der Waals surface area (Å²) in [6.07, 6.45) is 0.123. The van der Waals surface area contributed by atoms with Gasteiger partial charge in [0.1, 0.15) is 6.04 Å². The van der Waals surface area contributed by atoms with Crippen molar-refractivity contribution in [1.29, 1.82) is 0 Å². The zero-order valence-electron chi connectivity index (χ0n) is 14.3. The van der Waals surface area contributed by atoms with Crippen molar-refractivity contribution in [1.82, 2.24) is 15.5 Å². The molecule has 1 rings (SSSR count). The molecule has 132 valence electrons. The lowest BCUT2D eigenvalue weighted by molar-refractivity contribution is -0.135. The molecule has 0 aliphatic carbocycles. The van der Waals surface area contributed by atoms with Gasteiger partial charge in [-0.1, -0.05) is 15.9 Å². The van der Waals surface area contributed by atoms with Gasteiger partial charge >= 0.3 is 0 Å². The molecule has 1 atom stereocenters. The van der Waals surface area contributed by atoms with Crippen LogP contribution < -0.4 is 10.6 Å². The van der Waals surface area contributed by atoms with E-state index in [0.29, 0.717) is 18.7 Å². The van der Waals surface area contributed by atoms with E-state index in [1.807, 2.05) is 13.8 Å². The van der Waals surface area contributed by atoms with Gasteiger partial charge in [-0.05, 0) is 45.0 Å². The Balaban J connectivity index is 2.37. The molecule has 0 unspecified atom stereocenters. The van der Waals surface area contributed by atoms with Gasteiger partial charge in [-0.2, -0.15) is 0 Å². The maximum absolute atomic E-state index is 12.1. The summed E-state index contributed by atoms with van der Waals surface area (Å²) in [4.78, 5) is 37.5. The Morgan fingerprint density at radius 2 is 1.71 bits per heavy atom. The molecule has 0 saturated carbocycles. The van der Waals surface area contributed by atoms with E-state index in [1.54, 1.807) is 36.1 Å². The summed E-state index contributed by atoms with van der Waals surface area (Å²) in [7, 11) is 0. The lowest BCUT2D eigenvalue weighted by atomic mass is 10.2. The molecule has 1 aromatic carbocycles. The van der Waals surface area contributed by atoms with Crippen LogP contribution >= 0.6 is 15.9 Å². The van der Waals surface area contributed by atoms with E-state index in [1.165, 1.54) is 0 Å². The monoisotopic (exact) mass is 397 g/mol. The molecule has 2 N–H and O–H groups in total. The molecule has 0 aromatic heterocycles. The average Bonchev–Trinajstić information content (AvgIpc) is 2.56. The highest BCUT2D eigenvalue weighted by atomic mass is 79.9. The number of hydrogen-bond donors (Lipinski definition) is 2. The van der Waals surface area contributed by atoms with Crippen LogP contribution in [0.1, 0.15) is 37.6 Å². The van der Waals surface area contributed by atoms with E-state index in [-0.39, 0.29) is 30.7 Å². The van der Waals surface area contributed by atoms with Crippen molar-refractivity contribution in [3.8, 4) is 0 Å². The third-order valence-electron chi connectivity index (χ3n) is 3.57. The number of likely N-dealkylation sites (N-methyl/N-ethyl adjacent to an activating group) is 1. The van der Waals surface area contributed by atoms with E-state index in [2.05, 4.69) is 26.6 Å². The summed E-state index contributed by atoms with van der Waals surface area (Å²) >= 11 is 3.31. The van der Waals surface area contributed by atoms with Crippen molar-refractivity contribution in [3.05, 3.63) is 34.3 Å². The SMILES string of the molecule is CCN(CC)C(=O)[C@H](C)NC(=O)CCNC(=O)c1ccc(Br)cc1. The molecule has 0 aliphatic rings. The Morgan fingerprint density at radius 3 is 2.25 bits per heavy atom. The molecule has 7 heteroatoms. The second kappa shape index (κ2) is 10.1. The molecule has 6 nitrogen and oxygen atoms in total. The maximum atomic E-state index is 12.1. The number of nitrogens with zero attached hydrogens (tertiary/aromatic N) is 1. The summed E-state index contributed by atoms with van der Waals surface area (Å²) in [6, 6.07) is 6.39. The molecule has 0 fully saturated rings. The summed E-state index contributed by atoms with van der Waals surface area (Å²) in [5.74, 6) is -0.603. The number of halogens is 1. The third-order valence-corrected chi connectivity index (χ3v) is 4.10. The average molecular weight is 398 g/mol. The van der Waals surface area contributed by atoms with Gasteiger partial charge in [0.05, 0.1) is 0 Å². The number of carbonyl (C=O) groups is 3. The standard InChI is InChI=1S/C17H24BrN3O3/c1-4-21(5-2)17(24)12(3)20-15(22)10-11-19-16(23)13-6-8-14(18)9-7-13/h6-9,12H,4-5,10-11H2,1-3H3,(H,19,23)(H,20,22)/t12-/m0/s1. The van der Waals surface area contributed by atoms with Crippen LogP contribution in [0.15, 0.2) is 28.7 Å². The fourth-order valence-electron chi connectivity index (χ4n) is 2.18. The van der Waals surface area contributed by atoms with Crippen molar-refractivity contribution in [2.45, 2.75) is 33.2 Å². The molecular formula is C17H24BrN3O3. The zero-order chi connectivity index (χ0) is 18.1. The normalized spacial score (nSPS) is 11.5. The van der Waals surface area contributed by atoms with Crippen LogP contribution in [-0.4, -0.2) is 48.3 Å². The molecule has 1 aromatic rings. The Bertz CT molecular complexity index is 571. The minimum absolute atomic E-state index is 0.104. The first kappa shape index (κ1) is 20.2. The quantitative estimate of drug-likeness (QED) is 0.703. The number of benzene rings is 1. The van der Waals surface area contributed by atoms with Gasteiger partial charge < -0.3 is 15.5 Å². The van der Waals surface area contributed by atoms with Crippen molar-refractivity contribution >= 4 is 33.7 Å². The van der Waals surface area contributed by atoms with Gasteiger partial charge in [-0.15, -0.1) is 0 Å². The van der Waals surface area contributed by atoms with Gasteiger partial charge in [0.15, 0.2) is 0 Å². The fraction of sp³-hybridized carbons (Fsp3) is 0.471. The topological polar surface area (TPSA) is 78.5 Å². The van der Waals surface area contributed by atoms with Gasteiger partial charge in [-0.25, -0.2) is 0 Å². The van der Waals surface area contributed by atoms with Crippen LogP contribution in [-0.2, 0) is 9.59 Å². The van der Waals surface area contributed by atoms with E-state index in [0.717, 1.165) is 4.47 Å². The first-order chi connectivity index (χ1) is 11.4. The highest BCUT2D eigenvalue weighted by Crippen LogP contribution is 2.10. The smallest absolute Gasteiger partial charge is 0.251 e. The highest BCUT2D eigenvalue weighted by molar-refractivity contribution is 9.10. The van der Waals surface area contributed by atoms with Crippen LogP contribution in [0.2, 0.25) is 0 Å². The molecule has 0 radical (unpaired) electrons. The van der Waals surface area contributed by atoms with Crippen molar-refractivity contribution in [2.75, 3.05) is 19.6 Å². The summed E-state index contributed by atoms with van der Waals surface area (Å²) in [6.45, 7) is 6.89. The van der Waals surface area contributed by atoms with Gasteiger partial charge in [0, 0.05) is 36.1 Å². The number of carbonyl (C=O) groups excluding carboxylic acids is 3. The molecule has 3 amide bonds. The van der Waals surface area contributed by atoms with E-state index < -0.39 is 6.04 Å². The Hall–Kier alpha value is -1.89. The molecule has 0 spiro atoms.